The topological polar surface area (TPSA) is 71.6 Å². The number of hydrogen-bond acceptors (Lipinski definition) is 4. The first-order valence-corrected chi connectivity index (χ1v) is 9.57. The van der Waals surface area contributed by atoms with Gasteiger partial charge in [0.1, 0.15) is 5.75 Å². The van der Waals surface area contributed by atoms with Crippen molar-refractivity contribution in [2.45, 2.75) is 13.3 Å². The van der Waals surface area contributed by atoms with Crippen LogP contribution in [0, 0.1) is 0 Å². The molecule has 1 amide bonds. The predicted molar refractivity (Wildman–Crippen MR) is 111 cm³/mol. The largest absolute Gasteiger partial charge is 0.496 e. The summed E-state index contributed by atoms with van der Waals surface area (Å²) < 4.78 is 10.6. The number of amides is 1. The number of ether oxygens (including phenoxy) is 2. The molecule has 1 aromatic heterocycles. The summed E-state index contributed by atoms with van der Waals surface area (Å²) in [5, 5.41) is 1.05. The Morgan fingerprint density at radius 1 is 1.10 bits per heavy atom. The zero-order valence-corrected chi connectivity index (χ0v) is 16.4. The third kappa shape index (κ3) is 3.38. The number of benzene rings is 2. The molecule has 0 atom stereocenters. The van der Waals surface area contributed by atoms with Crippen molar-refractivity contribution in [3.63, 3.8) is 0 Å². The zero-order valence-electron chi connectivity index (χ0n) is 16.4. The highest BCUT2D eigenvalue weighted by molar-refractivity contribution is 6.18. The van der Waals surface area contributed by atoms with Crippen LogP contribution in [0.3, 0.4) is 0 Å². The molecule has 1 aliphatic rings. The molecule has 6 nitrogen and oxygen atoms in total. The molecule has 0 aliphatic carbocycles. The van der Waals surface area contributed by atoms with E-state index in [0.29, 0.717) is 35.5 Å². The van der Waals surface area contributed by atoms with Crippen molar-refractivity contribution in [1.29, 1.82) is 0 Å². The molecule has 0 bridgehead atoms. The summed E-state index contributed by atoms with van der Waals surface area (Å²) >= 11 is 0. The van der Waals surface area contributed by atoms with Crippen molar-refractivity contribution in [3.05, 3.63) is 71.6 Å². The summed E-state index contributed by atoms with van der Waals surface area (Å²) in [5.74, 6) is -0.185. The van der Waals surface area contributed by atoms with Crippen molar-refractivity contribution >= 4 is 28.4 Å². The highest BCUT2D eigenvalue weighted by Gasteiger charge is 2.28. The number of nitrogens with one attached hydrogen (secondary N) is 1. The average molecular weight is 390 g/mol. The fourth-order valence-electron chi connectivity index (χ4n) is 3.71. The summed E-state index contributed by atoms with van der Waals surface area (Å²) in [6, 6.07) is 15.0. The first kappa shape index (κ1) is 18.8. The standard InChI is InChI=1S/C23H22N2O4/c1-3-29-23(27)18-14-25(22(26)17-9-5-7-11-20(17)28-2)13-12-16-15-8-4-6-10-19(15)24-21(16)18/h4-11,14,24H,3,12-13H2,1-2H3. The lowest BCUT2D eigenvalue weighted by Gasteiger charge is -2.19. The molecule has 148 valence electrons. The van der Waals surface area contributed by atoms with Gasteiger partial charge in [-0.3, -0.25) is 4.79 Å². The Morgan fingerprint density at radius 3 is 2.66 bits per heavy atom. The van der Waals surface area contributed by atoms with Crippen molar-refractivity contribution in [2.75, 3.05) is 20.3 Å². The van der Waals surface area contributed by atoms with E-state index in [0.717, 1.165) is 16.5 Å². The smallest absolute Gasteiger partial charge is 0.341 e. The maximum absolute atomic E-state index is 13.2. The quantitative estimate of drug-likeness (QED) is 0.688. The molecule has 0 saturated carbocycles. The van der Waals surface area contributed by atoms with Crippen molar-refractivity contribution < 1.29 is 19.1 Å². The van der Waals surface area contributed by atoms with Gasteiger partial charge in [0.15, 0.2) is 0 Å². The van der Waals surface area contributed by atoms with Gasteiger partial charge in [0.2, 0.25) is 0 Å². The molecule has 0 radical (unpaired) electrons. The van der Waals surface area contributed by atoms with Crippen LogP contribution < -0.4 is 4.74 Å². The van der Waals surface area contributed by atoms with E-state index in [1.807, 2.05) is 30.3 Å². The van der Waals surface area contributed by atoms with Crippen LogP contribution in [0.5, 0.6) is 5.75 Å². The van der Waals surface area contributed by atoms with E-state index in [4.69, 9.17) is 9.47 Å². The normalized spacial score (nSPS) is 13.4. The highest BCUT2D eigenvalue weighted by Crippen LogP contribution is 2.32. The number of hydrogen-bond donors (Lipinski definition) is 1. The third-order valence-corrected chi connectivity index (χ3v) is 5.06. The van der Waals surface area contributed by atoms with E-state index in [9.17, 15) is 9.59 Å². The SMILES string of the molecule is CCOC(=O)C1=CN(C(=O)c2ccccc2OC)CCc2c1[nH]c1ccccc21. The number of carbonyl (C=O) groups is 2. The number of esters is 1. The van der Waals surface area contributed by atoms with Gasteiger partial charge < -0.3 is 19.4 Å². The Kier molecular flexibility index (Phi) is 5.08. The number of H-pyrrole nitrogens is 1. The summed E-state index contributed by atoms with van der Waals surface area (Å²) in [6.07, 6.45) is 2.20. The van der Waals surface area contributed by atoms with Crippen molar-refractivity contribution in [3.8, 4) is 5.75 Å². The van der Waals surface area contributed by atoms with Gasteiger partial charge in [-0.05, 0) is 37.1 Å². The van der Waals surface area contributed by atoms with Gasteiger partial charge in [0, 0.05) is 23.6 Å². The van der Waals surface area contributed by atoms with Crippen LogP contribution in [0.1, 0.15) is 28.5 Å². The zero-order chi connectivity index (χ0) is 20.4. The number of fused-ring (bicyclic) bond motifs is 3. The number of para-hydroxylation sites is 2. The fraction of sp³-hybridized carbons (Fsp3) is 0.217. The minimum Gasteiger partial charge on any atom is -0.496 e. The monoisotopic (exact) mass is 390 g/mol. The molecule has 2 aromatic carbocycles. The molecule has 1 N–H and O–H groups in total. The van der Waals surface area contributed by atoms with E-state index < -0.39 is 5.97 Å². The van der Waals surface area contributed by atoms with Gasteiger partial charge in [0.25, 0.3) is 5.91 Å². The van der Waals surface area contributed by atoms with Gasteiger partial charge in [-0.15, -0.1) is 0 Å². The molecule has 4 rings (SSSR count). The molecule has 0 fully saturated rings. The lowest BCUT2D eigenvalue weighted by molar-refractivity contribution is -0.136. The second-order valence-electron chi connectivity index (χ2n) is 6.74. The molecule has 3 aromatic rings. The van der Waals surface area contributed by atoms with Gasteiger partial charge in [-0.2, -0.15) is 0 Å². The molecular weight excluding hydrogens is 368 g/mol. The summed E-state index contributed by atoms with van der Waals surface area (Å²) in [7, 11) is 1.53. The van der Waals surface area contributed by atoms with E-state index in [1.54, 1.807) is 36.2 Å². The highest BCUT2D eigenvalue weighted by atomic mass is 16.5. The third-order valence-electron chi connectivity index (χ3n) is 5.06. The number of rotatable bonds is 4. The number of aromatic amines is 1. The molecule has 29 heavy (non-hydrogen) atoms. The maximum Gasteiger partial charge on any atom is 0.341 e. The van der Waals surface area contributed by atoms with Gasteiger partial charge >= 0.3 is 5.97 Å². The summed E-state index contributed by atoms with van der Waals surface area (Å²) in [6.45, 7) is 2.46. The Balaban J connectivity index is 1.81. The molecule has 0 saturated heterocycles. The van der Waals surface area contributed by atoms with Crippen LogP contribution in [0.25, 0.3) is 16.5 Å². The first-order chi connectivity index (χ1) is 14.1. The van der Waals surface area contributed by atoms with Crippen LogP contribution in [-0.4, -0.2) is 42.0 Å². The van der Waals surface area contributed by atoms with E-state index >= 15 is 0 Å². The molecule has 1 aliphatic heterocycles. The second-order valence-corrected chi connectivity index (χ2v) is 6.74. The number of carbonyl (C=O) groups excluding carboxylic acids is 2. The predicted octanol–water partition coefficient (Wildman–Crippen LogP) is 3.78. The summed E-state index contributed by atoms with van der Waals surface area (Å²) in [4.78, 5) is 30.9. The van der Waals surface area contributed by atoms with Crippen LogP contribution in [0.15, 0.2) is 54.7 Å². The lowest BCUT2D eigenvalue weighted by Crippen LogP contribution is -2.28. The molecule has 2 heterocycles. The minimum atomic E-state index is -0.458. The Morgan fingerprint density at radius 2 is 1.86 bits per heavy atom. The molecule has 0 unspecified atom stereocenters. The summed E-state index contributed by atoms with van der Waals surface area (Å²) in [5.41, 5.74) is 3.47. The number of nitrogens with zero attached hydrogens (tertiary/aromatic N) is 1. The fourth-order valence-corrected chi connectivity index (χ4v) is 3.71. The number of aromatic nitrogens is 1. The average Bonchev–Trinajstić information content (AvgIpc) is 3.01. The van der Waals surface area contributed by atoms with Crippen LogP contribution in [-0.2, 0) is 16.0 Å². The van der Waals surface area contributed by atoms with Gasteiger partial charge in [-0.1, -0.05) is 30.3 Å². The van der Waals surface area contributed by atoms with Gasteiger partial charge in [0.05, 0.1) is 30.5 Å². The van der Waals surface area contributed by atoms with Crippen molar-refractivity contribution in [2.24, 2.45) is 0 Å². The molecular formula is C23H22N2O4. The van der Waals surface area contributed by atoms with Gasteiger partial charge in [-0.25, -0.2) is 4.79 Å². The Bertz CT molecular complexity index is 1110. The molecule has 0 spiro atoms. The van der Waals surface area contributed by atoms with Crippen LogP contribution >= 0.6 is 0 Å². The van der Waals surface area contributed by atoms with Crippen molar-refractivity contribution in [1.82, 2.24) is 9.88 Å². The van der Waals surface area contributed by atoms with Crippen LogP contribution in [0.2, 0.25) is 0 Å². The Labute approximate surface area is 168 Å². The van der Waals surface area contributed by atoms with Crippen LogP contribution in [0.4, 0.5) is 0 Å². The first-order valence-electron chi connectivity index (χ1n) is 9.57. The Hall–Kier alpha value is -3.54. The van der Waals surface area contributed by atoms with E-state index in [-0.39, 0.29) is 12.5 Å². The van der Waals surface area contributed by atoms with E-state index in [1.165, 1.54) is 7.11 Å². The minimum absolute atomic E-state index is 0.223. The maximum atomic E-state index is 13.2. The second kappa shape index (κ2) is 7.83. The number of methoxy groups -OCH3 is 1. The molecule has 6 heteroatoms. The lowest BCUT2D eigenvalue weighted by atomic mass is 10.0. The van der Waals surface area contributed by atoms with E-state index in [2.05, 4.69) is 4.98 Å².